The molecule has 9 rings (SSSR count). The highest BCUT2D eigenvalue weighted by molar-refractivity contribution is 6.36. The summed E-state index contributed by atoms with van der Waals surface area (Å²) in [6.45, 7) is 2.61. The van der Waals surface area contributed by atoms with Gasteiger partial charge in [0.2, 0.25) is 0 Å². The molecule has 5 aliphatic rings. The van der Waals surface area contributed by atoms with Crippen molar-refractivity contribution in [3.8, 4) is 23.0 Å². The average Bonchev–Trinajstić information content (AvgIpc) is 3.74. The van der Waals surface area contributed by atoms with E-state index < -0.39 is 17.0 Å². The number of nitrogens with one attached hydrogen (secondary N) is 1. The number of ether oxygens (including phenoxy) is 1. The normalized spacial score (nSPS) is 30.8. The monoisotopic (exact) mass is 632 g/mol. The number of alkyl halides is 1. The van der Waals surface area contributed by atoms with Crippen molar-refractivity contribution in [1.82, 2.24) is 25.2 Å². The van der Waals surface area contributed by atoms with E-state index in [2.05, 4.69) is 25.1 Å². The van der Waals surface area contributed by atoms with E-state index in [0.29, 0.717) is 57.5 Å². The summed E-state index contributed by atoms with van der Waals surface area (Å²) in [5.74, 6) is -0.0574. The topological polar surface area (TPSA) is 86.6 Å². The summed E-state index contributed by atoms with van der Waals surface area (Å²) in [7, 11) is 0. The van der Waals surface area contributed by atoms with Crippen molar-refractivity contribution in [2.75, 3.05) is 31.1 Å². The molecule has 8 nitrogen and oxygen atoms in total. The lowest BCUT2D eigenvalue weighted by Gasteiger charge is -2.35. The number of anilines is 1. The zero-order valence-electron chi connectivity index (χ0n) is 24.9. The molecule has 1 saturated carbocycles. The van der Waals surface area contributed by atoms with Crippen LogP contribution in [0, 0.1) is 5.82 Å². The van der Waals surface area contributed by atoms with E-state index in [1.165, 1.54) is 6.07 Å². The SMILES string of the molecule is Oc1cc(-c2ncc3c(N4CC5CCC(C4)N5)nc(OC[C@]45CCCN4[C@@H]4CCC[C@]4(F)C5)nc3c2F)c2c(Cl)cccc2c1. The van der Waals surface area contributed by atoms with Crippen molar-refractivity contribution < 1.29 is 18.6 Å². The van der Waals surface area contributed by atoms with Crippen LogP contribution >= 0.6 is 11.6 Å². The predicted molar refractivity (Wildman–Crippen MR) is 169 cm³/mol. The Balaban J connectivity index is 1.15. The van der Waals surface area contributed by atoms with Crippen molar-refractivity contribution >= 4 is 39.1 Å². The van der Waals surface area contributed by atoms with E-state index in [9.17, 15) is 5.11 Å². The van der Waals surface area contributed by atoms with E-state index in [-0.39, 0.29) is 35.6 Å². The maximum Gasteiger partial charge on any atom is 0.319 e. The first-order valence-corrected chi connectivity index (χ1v) is 16.6. The number of aromatic nitrogens is 3. The molecule has 5 atom stereocenters. The molecule has 4 aromatic rings. The van der Waals surface area contributed by atoms with Crippen LogP contribution in [0.3, 0.4) is 0 Å². The van der Waals surface area contributed by atoms with Crippen LogP contribution in [0.1, 0.15) is 51.4 Å². The van der Waals surface area contributed by atoms with Gasteiger partial charge in [0.05, 0.1) is 10.9 Å². The molecule has 4 aliphatic heterocycles. The van der Waals surface area contributed by atoms with Crippen LogP contribution < -0.4 is 15.0 Å². The molecule has 0 spiro atoms. The quantitative estimate of drug-likeness (QED) is 0.271. The molecule has 2 N–H and O–H groups in total. The first kappa shape index (κ1) is 27.9. The molecule has 234 valence electrons. The fraction of sp³-hybridized carbons (Fsp3) is 0.500. The Labute approximate surface area is 264 Å². The number of benzene rings is 2. The van der Waals surface area contributed by atoms with Crippen LogP contribution in [-0.2, 0) is 0 Å². The summed E-state index contributed by atoms with van der Waals surface area (Å²) in [6, 6.07) is 9.12. The van der Waals surface area contributed by atoms with Gasteiger partial charge in [-0.25, -0.2) is 8.78 Å². The number of hydrogen-bond donors (Lipinski definition) is 2. The maximum atomic E-state index is 16.8. The number of halogens is 3. The van der Waals surface area contributed by atoms with Gasteiger partial charge < -0.3 is 20.1 Å². The Morgan fingerprint density at radius 2 is 1.93 bits per heavy atom. The minimum Gasteiger partial charge on any atom is -0.508 e. The molecule has 1 aliphatic carbocycles. The van der Waals surface area contributed by atoms with Crippen LogP contribution in [-0.4, -0.2) is 80.5 Å². The van der Waals surface area contributed by atoms with E-state index in [1.807, 2.05) is 6.07 Å². The third-order valence-electron chi connectivity index (χ3n) is 11.1. The maximum absolute atomic E-state index is 16.8. The Hall–Kier alpha value is -3.34. The van der Waals surface area contributed by atoms with Gasteiger partial charge in [0.15, 0.2) is 5.82 Å². The number of phenolic OH excluding ortho intramolecular Hbond substituents is 1. The molecule has 4 saturated heterocycles. The molecule has 2 aromatic heterocycles. The van der Waals surface area contributed by atoms with Gasteiger partial charge in [-0.1, -0.05) is 23.7 Å². The lowest BCUT2D eigenvalue weighted by molar-refractivity contribution is 0.0811. The number of phenols is 1. The summed E-state index contributed by atoms with van der Waals surface area (Å²) in [5, 5.41) is 16.4. The first-order chi connectivity index (χ1) is 21.8. The molecule has 11 heteroatoms. The van der Waals surface area contributed by atoms with E-state index >= 15 is 8.78 Å². The number of pyridine rings is 1. The smallest absolute Gasteiger partial charge is 0.319 e. The van der Waals surface area contributed by atoms with Gasteiger partial charge in [0.25, 0.3) is 0 Å². The van der Waals surface area contributed by atoms with Crippen molar-refractivity contribution in [1.29, 1.82) is 0 Å². The van der Waals surface area contributed by atoms with E-state index in [1.54, 1.807) is 24.4 Å². The van der Waals surface area contributed by atoms with Gasteiger partial charge in [-0.3, -0.25) is 9.88 Å². The minimum atomic E-state index is -1.17. The molecular weight excluding hydrogens is 598 g/mol. The van der Waals surface area contributed by atoms with Crippen molar-refractivity contribution in [2.45, 2.75) is 80.7 Å². The minimum absolute atomic E-state index is 0.0166. The summed E-state index contributed by atoms with van der Waals surface area (Å²) in [4.78, 5) is 18.7. The third kappa shape index (κ3) is 4.32. The lowest BCUT2D eigenvalue weighted by atomic mass is 9.88. The summed E-state index contributed by atoms with van der Waals surface area (Å²) in [6.07, 6.45) is 8.53. The standard InChI is InChI=1S/C34H35ClF2N6O2/c35-25-5-1-4-19-12-22(44)13-23(27(19)25)29-28(36)30-24(14-38-29)31(42-15-20-7-8-21(16-42)39-20)41-32(40-30)45-18-33-9-3-11-43(33)26-6-2-10-34(26,37)17-33/h1,4-5,12-14,20-21,26,39,44H,2-3,6-11,15-18H2/t20?,21?,26-,33-,34+/m1/s1. The molecule has 2 unspecified atom stereocenters. The predicted octanol–water partition coefficient (Wildman–Crippen LogP) is 6.16. The third-order valence-corrected chi connectivity index (χ3v) is 11.4. The second-order valence-corrected chi connectivity index (χ2v) is 14.2. The highest BCUT2D eigenvalue weighted by Crippen LogP contribution is 2.55. The Bertz CT molecular complexity index is 1850. The van der Waals surface area contributed by atoms with E-state index in [0.717, 1.165) is 58.2 Å². The zero-order chi connectivity index (χ0) is 30.5. The molecule has 6 heterocycles. The first-order valence-electron chi connectivity index (χ1n) is 16.2. The molecule has 0 radical (unpaired) electrons. The molecule has 5 fully saturated rings. The van der Waals surface area contributed by atoms with E-state index in [4.69, 9.17) is 21.3 Å². The molecule has 2 aromatic carbocycles. The summed E-state index contributed by atoms with van der Waals surface area (Å²) < 4.78 is 39.2. The van der Waals surface area contributed by atoms with Crippen LogP contribution in [0.5, 0.6) is 11.8 Å². The van der Waals surface area contributed by atoms with Crippen molar-refractivity contribution in [2.24, 2.45) is 0 Å². The largest absolute Gasteiger partial charge is 0.508 e. The zero-order valence-corrected chi connectivity index (χ0v) is 25.7. The molecule has 45 heavy (non-hydrogen) atoms. The van der Waals surface area contributed by atoms with Crippen LogP contribution in [0.15, 0.2) is 36.5 Å². The van der Waals surface area contributed by atoms with Gasteiger partial charge in [-0.05, 0) is 75.1 Å². The highest BCUT2D eigenvalue weighted by Gasteiger charge is 2.63. The fourth-order valence-corrected chi connectivity index (χ4v) is 9.57. The van der Waals surface area contributed by atoms with Gasteiger partial charge in [0, 0.05) is 59.8 Å². The molecule has 2 bridgehead atoms. The lowest BCUT2D eigenvalue weighted by Crippen LogP contribution is -2.51. The number of fused-ring (bicyclic) bond motifs is 7. The van der Waals surface area contributed by atoms with Crippen LogP contribution in [0.4, 0.5) is 14.6 Å². The van der Waals surface area contributed by atoms with Crippen LogP contribution in [0.2, 0.25) is 5.02 Å². The van der Waals surface area contributed by atoms with Crippen molar-refractivity contribution in [3.63, 3.8) is 0 Å². The number of nitrogens with zero attached hydrogens (tertiary/aromatic N) is 5. The second kappa shape index (κ2) is 10.1. The number of piperazine rings is 1. The second-order valence-electron chi connectivity index (χ2n) is 13.8. The Morgan fingerprint density at radius 1 is 1.09 bits per heavy atom. The Kier molecular flexibility index (Phi) is 6.25. The number of hydrogen-bond acceptors (Lipinski definition) is 8. The fourth-order valence-electron chi connectivity index (χ4n) is 9.28. The van der Waals surface area contributed by atoms with Gasteiger partial charge in [0.1, 0.15) is 35.1 Å². The summed E-state index contributed by atoms with van der Waals surface area (Å²) >= 11 is 6.59. The van der Waals surface area contributed by atoms with Gasteiger partial charge >= 0.3 is 6.01 Å². The summed E-state index contributed by atoms with van der Waals surface area (Å²) in [5.41, 5.74) is -1.05. The van der Waals surface area contributed by atoms with Gasteiger partial charge in [-0.15, -0.1) is 0 Å². The number of rotatable bonds is 5. The number of aromatic hydroxyl groups is 1. The van der Waals surface area contributed by atoms with Crippen molar-refractivity contribution in [3.05, 3.63) is 47.4 Å². The molecule has 0 amide bonds. The average molecular weight is 633 g/mol. The van der Waals surface area contributed by atoms with Crippen LogP contribution in [0.25, 0.3) is 32.9 Å². The Morgan fingerprint density at radius 3 is 2.78 bits per heavy atom. The van der Waals surface area contributed by atoms with Gasteiger partial charge in [-0.2, -0.15) is 9.97 Å². The molecular formula is C34H35ClF2N6O2. The highest BCUT2D eigenvalue weighted by atomic mass is 35.5.